The van der Waals surface area contributed by atoms with E-state index in [1.165, 1.54) is 10.5 Å². The van der Waals surface area contributed by atoms with Crippen LogP contribution in [0.25, 0.3) is 0 Å². The third-order valence-electron chi connectivity index (χ3n) is 3.50. The van der Waals surface area contributed by atoms with Gasteiger partial charge in [0.2, 0.25) is 0 Å². The van der Waals surface area contributed by atoms with E-state index in [1.54, 1.807) is 0 Å². The van der Waals surface area contributed by atoms with Crippen molar-refractivity contribution in [1.82, 2.24) is 4.90 Å². The molecule has 0 bridgehead atoms. The second-order valence-corrected chi connectivity index (χ2v) is 6.19. The van der Waals surface area contributed by atoms with Crippen LogP contribution in [0.5, 0.6) is 0 Å². The molecule has 1 N–H and O–H groups in total. The van der Waals surface area contributed by atoms with Gasteiger partial charge in [0.25, 0.3) is 0 Å². The van der Waals surface area contributed by atoms with E-state index in [9.17, 15) is 9.59 Å². The predicted molar refractivity (Wildman–Crippen MR) is 81.2 cm³/mol. The summed E-state index contributed by atoms with van der Waals surface area (Å²) in [4.78, 5) is 25.5. The van der Waals surface area contributed by atoms with Crippen molar-refractivity contribution in [1.29, 1.82) is 0 Å². The number of morpholine rings is 1. The van der Waals surface area contributed by atoms with Crippen molar-refractivity contribution >= 4 is 17.5 Å². The fourth-order valence-electron chi connectivity index (χ4n) is 2.15. The highest BCUT2D eigenvalue weighted by molar-refractivity contribution is 6.39. The monoisotopic (exact) mass is 290 g/mol. The average Bonchev–Trinajstić information content (AvgIpc) is 2.47. The Bertz CT molecular complexity index is 511. The van der Waals surface area contributed by atoms with Gasteiger partial charge in [0.15, 0.2) is 0 Å². The van der Waals surface area contributed by atoms with Crippen LogP contribution in [-0.2, 0) is 19.7 Å². The molecule has 1 aliphatic rings. The topological polar surface area (TPSA) is 58.6 Å². The minimum Gasteiger partial charge on any atom is -0.378 e. The number of hydrogen-bond donors (Lipinski definition) is 1. The largest absolute Gasteiger partial charge is 0.378 e. The van der Waals surface area contributed by atoms with Crippen LogP contribution < -0.4 is 5.32 Å². The number of amides is 2. The van der Waals surface area contributed by atoms with Crippen molar-refractivity contribution in [3.8, 4) is 0 Å². The molecule has 0 aliphatic carbocycles. The van der Waals surface area contributed by atoms with Gasteiger partial charge in [-0.25, -0.2) is 0 Å². The van der Waals surface area contributed by atoms with Crippen LogP contribution in [0.4, 0.5) is 5.69 Å². The van der Waals surface area contributed by atoms with E-state index in [-0.39, 0.29) is 5.41 Å². The Morgan fingerprint density at radius 2 is 1.67 bits per heavy atom. The first-order chi connectivity index (χ1) is 9.88. The molecule has 2 amide bonds. The first-order valence-electron chi connectivity index (χ1n) is 7.16. The van der Waals surface area contributed by atoms with E-state index in [1.807, 2.05) is 24.3 Å². The number of nitrogens with zero attached hydrogens (tertiary/aromatic N) is 1. The van der Waals surface area contributed by atoms with Crippen LogP contribution in [0.1, 0.15) is 26.3 Å². The van der Waals surface area contributed by atoms with Gasteiger partial charge in [0.05, 0.1) is 13.2 Å². The van der Waals surface area contributed by atoms with Crippen LogP contribution >= 0.6 is 0 Å². The Kier molecular flexibility index (Phi) is 4.63. The van der Waals surface area contributed by atoms with E-state index >= 15 is 0 Å². The van der Waals surface area contributed by atoms with Gasteiger partial charge in [-0.1, -0.05) is 32.9 Å². The highest BCUT2D eigenvalue weighted by atomic mass is 16.5. The Balaban J connectivity index is 1.97. The van der Waals surface area contributed by atoms with Crippen molar-refractivity contribution in [3.63, 3.8) is 0 Å². The van der Waals surface area contributed by atoms with Gasteiger partial charge in [-0.15, -0.1) is 0 Å². The zero-order chi connectivity index (χ0) is 15.5. The highest BCUT2D eigenvalue weighted by Crippen LogP contribution is 2.23. The quantitative estimate of drug-likeness (QED) is 0.802. The first kappa shape index (κ1) is 15.5. The van der Waals surface area contributed by atoms with Gasteiger partial charge < -0.3 is 15.0 Å². The molecule has 1 heterocycles. The van der Waals surface area contributed by atoms with Crippen molar-refractivity contribution in [2.45, 2.75) is 26.2 Å². The van der Waals surface area contributed by atoms with Gasteiger partial charge in [0, 0.05) is 18.8 Å². The SMILES string of the molecule is CC(C)(C)c1ccc(NC(=O)C(=O)N2CCOCC2)cc1. The maximum atomic E-state index is 12.0. The number of ether oxygens (including phenoxy) is 1. The van der Waals surface area contributed by atoms with Crippen LogP contribution in [0.3, 0.4) is 0 Å². The lowest BCUT2D eigenvalue weighted by Gasteiger charge is -2.26. The second kappa shape index (κ2) is 6.26. The van der Waals surface area contributed by atoms with Gasteiger partial charge in [-0.05, 0) is 23.1 Å². The first-order valence-corrected chi connectivity index (χ1v) is 7.16. The summed E-state index contributed by atoms with van der Waals surface area (Å²) in [6, 6.07) is 7.58. The maximum Gasteiger partial charge on any atom is 0.313 e. The summed E-state index contributed by atoms with van der Waals surface area (Å²) in [5.74, 6) is -1.10. The molecule has 0 radical (unpaired) electrons. The number of nitrogens with one attached hydrogen (secondary N) is 1. The Labute approximate surface area is 125 Å². The molecule has 0 aromatic heterocycles. The molecule has 0 unspecified atom stereocenters. The average molecular weight is 290 g/mol. The molecule has 1 fully saturated rings. The van der Waals surface area contributed by atoms with Gasteiger partial charge in [-0.3, -0.25) is 9.59 Å². The molecule has 1 aromatic rings. The molecule has 0 atom stereocenters. The summed E-state index contributed by atoms with van der Waals surface area (Å²) in [6.45, 7) is 8.29. The summed E-state index contributed by atoms with van der Waals surface area (Å²) < 4.78 is 5.17. The molecule has 114 valence electrons. The number of hydrogen-bond acceptors (Lipinski definition) is 3. The van der Waals surface area contributed by atoms with Crippen LogP contribution in [0, 0.1) is 0 Å². The van der Waals surface area contributed by atoms with E-state index in [4.69, 9.17) is 4.74 Å². The molecule has 1 saturated heterocycles. The van der Waals surface area contributed by atoms with Gasteiger partial charge in [-0.2, -0.15) is 0 Å². The summed E-state index contributed by atoms with van der Waals surface area (Å²) >= 11 is 0. The molecule has 1 aliphatic heterocycles. The standard InChI is InChI=1S/C16H22N2O3/c1-16(2,3)12-4-6-13(7-5-12)17-14(19)15(20)18-8-10-21-11-9-18/h4-7H,8-11H2,1-3H3,(H,17,19). The van der Waals surface area contributed by atoms with E-state index in [2.05, 4.69) is 26.1 Å². The van der Waals surface area contributed by atoms with Crippen LogP contribution in [-0.4, -0.2) is 43.0 Å². The molecule has 5 nitrogen and oxygen atoms in total. The zero-order valence-corrected chi connectivity index (χ0v) is 12.8. The fourth-order valence-corrected chi connectivity index (χ4v) is 2.15. The summed E-state index contributed by atoms with van der Waals surface area (Å²) in [5.41, 5.74) is 1.88. The van der Waals surface area contributed by atoms with Crippen LogP contribution in [0.15, 0.2) is 24.3 Å². The lowest BCUT2D eigenvalue weighted by Crippen LogP contribution is -2.45. The number of anilines is 1. The minimum absolute atomic E-state index is 0.0617. The normalized spacial score (nSPS) is 15.7. The highest BCUT2D eigenvalue weighted by Gasteiger charge is 2.23. The van der Waals surface area contributed by atoms with Crippen molar-refractivity contribution in [2.24, 2.45) is 0 Å². The van der Waals surface area contributed by atoms with Crippen LogP contribution in [0.2, 0.25) is 0 Å². The molecule has 5 heteroatoms. The number of carbonyl (C=O) groups is 2. The second-order valence-electron chi connectivity index (χ2n) is 6.19. The Hall–Kier alpha value is -1.88. The van der Waals surface area contributed by atoms with Crippen molar-refractivity contribution < 1.29 is 14.3 Å². The van der Waals surface area contributed by atoms with Gasteiger partial charge >= 0.3 is 11.8 Å². The Morgan fingerprint density at radius 1 is 1.10 bits per heavy atom. The van der Waals surface area contributed by atoms with E-state index in [0.717, 1.165) is 0 Å². The minimum atomic E-state index is -0.597. The summed E-state index contributed by atoms with van der Waals surface area (Å²) in [7, 11) is 0. The Morgan fingerprint density at radius 3 is 2.19 bits per heavy atom. The molecule has 2 rings (SSSR count). The molecule has 1 aromatic carbocycles. The summed E-state index contributed by atoms with van der Waals surface area (Å²) in [6.07, 6.45) is 0. The third-order valence-corrected chi connectivity index (χ3v) is 3.50. The molecule has 21 heavy (non-hydrogen) atoms. The van der Waals surface area contributed by atoms with Gasteiger partial charge in [0.1, 0.15) is 0 Å². The molecule has 0 spiro atoms. The lowest BCUT2D eigenvalue weighted by molar-refractivity contribution is -0.145. The van der Waals surface area contributed by atoms with Crippen molar-refractivity contribution in [3.05, 3.63) is 29.8 Å². The maximum absolute atomic E-state index is 12.0. The fraction of sp³-hybridized carbons (Fsp3) is 0.500. The smallest absolute Gasteiger partial charge is 0.313 e. The number of rotatable bonds is 1. The van der Waals surface area contributed by atoms with Crippen molar-refractivity contribution in [2.75, 3.05) is 31.6 Å². The molecule has 0 saturated carbocycles. The zero-order valence-electron chi connectivity index (χ0n) is 12.8. The van der Waals surface area contributed by atoms with E-state index < -0.39 is 11.8 Å². The molecular formula is C16H22N2O3. The molecular weight excluding hydrogens is 268 g/mol. The van der Waals surface area contributed by atoms with E-state index in [0.29, 0.717) is 32.0 Å². The summed E-state index contributed by atoms with van der Waals surface area (Å²) in [5, 5.41) is 2.65. The third kappa shape index (κ3) is 4.04. The number of benzene rings is 1. The number of carbonyl (C=O) groups excluding carboxylic acids is 2. The predicted octanol–water partition coefficient (Wildman–Crippen LogP) is 1.78. The lowest BCUT2D eigenvalue weighted by atomic mass is 9.87.